The maximum Gasteiger partial charge on any atom is 0.303 e. The van der Waals surface area contributed by atoms with Crippen molar-refractivity contribution in [2.24, 2.45) is 5.28 Å². The van der Waals surface area contributed by atoms with Gasteiger partial charge >= 0.3 is 5.97 Å². The summed E-state index contributed by atoms with van der Waals surface area (Å²) in [6, 6.07) is 8.40. The lowest BCUT2D eigenvalue weighted by atomic mass is 10.3. The number of para-hydroxylation sites is 1. The molecule has 1 atom stereocenters. The second-order valence-corrected chi connectivity index (χ2v) is 3.67. The largest absolute Gasteiger partial charge is 0.592 e. The number of ether oxygens (including phenoxy) is 2. The Kier molecular flexibility index (Phi) is 6.31. The minimum absolute atomic E-state index is 0.0566. The zero-order chi connectivity index (χ0) is 14.1. The van der Waals surface area contributed by atoms with Crippen molar-refractivity contribution in [3.63, 3.8) is 0 Å². The smallest absolute Gasteiger partial charge is 0.303 e. The molecule has 0 bridgehead atoms. The summed E-state index contributed by atoms with van der Waals surface area (Å²) in [7, 11) is 1.47. The first-order chi connectivity index (χ1) is 9.13. The molecule has 0 aliphatic rings. The first-order valence-electron chi connectivity index (χ1n) is 5.65. The molecule has 1 aromatic rings. The highest BCUT2D eigenvalue weighted by atomic mass is 16.7. The van der Waals surface area contributed by atoms with Crippen molar-refractivity contribution < 1.29 is 24.0 Å². The summed E-state index contributed by atoms with van der Waals surface area (Å²) in [4.78, 5) is 16.0. The van der Waals surface area contributed by atoms with Crippen LogP contribution in [0.4, 0.5) is 5.69 Å². The summed E-state index contributed by atoms with van der Waals surface area (Å²) in [6.07, 6.45) is -0.601. The van der Waals surface area contributed by atoms with Crippen molar-refractivity contribution in [2.45, 2.75) is 13.0 Å². The monoisotopic (exact) mass is 268 g/mol. The highest BCUT2D eigenvalue weighted by Gasteiger charge is 2.13. The number of methoxy groups -OCH3 is 1. The van der Waals surface area contributed by atoms with Crippen LogP contribution in [-0.2, 0) is 19.1 Å². The third-order valence-electron chi connectivity index (χ3n) is 2.05. The van der Waals surface area contributed by atoms with E-state index in [4.69, 9.17) is 14.3 Å². The molecule has 1 rings (SSSR count). The van der Waals surface area contributed by atoms with E-state index >= 15 is 0 Å². The van der Waals surface area contributed by atoms with Gasteiger partial charge in [0.2, 0.25) is 11.0 Å². The first kappa shape index (κ1) is 14.9. The molecular formula is C12H16N2O5. The fourth-order valence-electron chi connectivity index (χ4n) is 1.31. The molecule has 0 saturated heterocycles. The zero-order valence-corrected chi connectivity index (χ0v) is 10.8. The van der Waals surface area contributed by atoms with Gasteiger partial charge in [-0.25, -0.2) is 0 Å². The minimum atomic E-state index is -0.601. The Balaban J connectivity index is 2.48. The average molecular weight is 268 g/mol. The Morgan fingerprint density at radius 3 is 2.63 bits per heavy atom. The van der Waals surface area contributed by atoms with E-state index in [1.54, 1.807) is 30.3 Å². The van der Waals surface area contributed by atoms with Crippen LogP contribution in [0.5, 0.6) is 0 Å². The number of rotatable bonds is 7. The SMILES string of the molecule is COCC(CO/N=[N+](\[O-])c1ccccc1)OC(C)=O. The predicted octanol–water partition coefficient (Wildman–Crippen LogP) is 1.79. The van der Waals surface area contributed by atoms with E-state index in [1.807, 2.05) is 0 Å². The zero-order valence-electron chi connectivity index (χ0n) is 10.8. The lowest BCUT2D eigenvalue weighted by Gasteiger charge is -2.13. The summed E-state index contributed by atoms with van der Waals surface area (Å²) in [5.74, 6) is -0.451. The lowest BCUT2D eigenvalue weighted by Crippen LogP contribution is -2.26. The Morgan fingerprint density at radius 2 is 2.05 bits per heavy atom. The van der Waals surface area contributed by atoms with Gasteiger partial charge in [0.1, 0.15) is 0 Å². The number of carbonyl (C=O) groups is 1. The predicted molar refractivity (Wildman–Crippen MR) is 65.5 cm³/mol. The normalized spacial score (nSPS) is 12.8. The van der Waals surface area contributed by atoms with Crippen molar-refractivity contribution in [1.82, 2.24) is 0 Å². The molecule has 19 heavy (non-hydrogen) atoms. The first-order valence-corrected chi connectivity index (χ1v) is 5.65. The number of esters is 1. The molecular weight excluding hydrogens is 252 g/mol. The number of hydrogen-bond donors (Lipinski definition) is 0. The fourth-order valence-corrected chi connectivity index (χ4v) is 1.31. The van der Waals surface area contributed by atoms with Crippen LogP contribution in [0.15, 0.2) is 35.6 Å². The van der Waals surface area contributed by atoms with Crippen molar-refractivity contribution in [3.8, 4) is 0 Å². The number of benzene rings is 1. The van der Waals surface area contributed by atoms with Crippen LogP contribution in [0, 0.1) is 5.21 Å². The second kappa shape index (κ2) is 8.04. The number of carbonyl (C=O) groups excluding carboxylic acids is 1. The molecule has 0 saturated carbocycles. The number of hydrogen-bond acceptors (Lipinski definition) is 6. The molecule has 104 valence electrons. The van der Waals surface area contributed by atoms with Crippen LogP contribution in [0.2, 0.25) is 0 Å². The van der Waals surface area contributed by atoms with Crippen LogP contribution in [-0.4, -0.2) is 37.3 Å². The van der Waals surface area contributed by atoms with Crippen molar-refractivity contribution in [3.05, 3.63) is 35.5 Å². The molecule has 0 aliphatic heterocycles. The molecule has 7 heteroatoms. The lowest BCUT2D eigenvalue weighted by molar-refractivity contribution is -0.479. The summed E-state index contributed by atoms with van der Waals surface area (Å²) in [5, 5.41) is 14.8. The Hall–Kier alpha value is -2.15. The van der Waals surface area contributed by atoms with Crippen LogP contribution in [0.3, 0.4) is 0 Å². The van der Waals surface area contributed by atoms with Gasteiger partial charge in [0.25, 0.3) is 0 Å². The summed E-state index contributed by atoms with van der Waals surface area (Å²) < 4.78 is 9.77. The molecule has 0 aromatic heterocycles. The van der Waals surface area contributed by atoms with E-state index in [0.717, 1.165) is 0 Å². The highest BCUT2D eigenvalue weighted by molar-refractivity contribution is 5.66. The van der Waals surface area contributed by atoms with Crippen LogP contribution in [0.1, 0.15) is 6.92 Å². The third kappa shape index (κ3) is 5.82. The molecule has 0 amide bonds. The average Bonchev–Trinajstić information content (AvgIpc) is 2.39. The van der Waals surface area contributed by atoms with E-state index in [0.29, 0.717) is 10.5 Å². The maximum atomic E-state index is 11.5. The highest BCUT2D eigenvalue weighted by Crippen LogP contribution is 2.09. The number of nitrogens with zero attached hydrogens (tertiary/aromatic N) is 2. The van der Waals surface area contributed by atoms with E-state index in [1.165, 1.54) is 14.0 Å². The molecule has 1 unspecified atom stereocenters. The van der Waals surface area contributed by atoms with Gasteiger partial charge in [0.05, 0.1) is 6.61 Å². The van der Waals surface area contributed by atoms with Gasteiger partial charge in [0, 0.05) is 26.2 Å². The summed E-state index contributed by atoms with van der Waals surface area (Å²) in [5.41, 5.74) is 0.346. The van der Waals surface area contributed by atoms with Gasteiger partial charge in [-0.2, -0.15) is 0 Å². The second-order valence-electron chi connectivity index (χ2n) is 3.67. The van der Waals surface area contributed by atoms with Gasteiger partial charge in [-0.15, -0.1) is 0 Å². The molecule has 7 nitrogen and oxygen atoms in total. The van der Waals surface area contributed by atoms with Crippen molar-refractivity contribution >= 4 is 11.7 Å². The molecule has 0 aliphatic carbocycles. The Bertz CT molecular complexity index is 421. The van der Waals surface area contributed by atoms with E-state index in [9.17, 15) is 10.0 Å². The molecule has 0 N–H and O–H groups in total. The van der Waals surface area contributed by atoms with E-state index < -0.39 is 12.1 Å². The van der Waals surface area contributed by atoms with Gasteiger partial charge in [0.15, 0.2) is 12.7 Å². The fraction of sp³-hybridized carbons (Fsp3) is 0.417. The van der Waals surface area contributed by atoms with Gasteiger partial charge < -0.3 is 19.5 Å². The maximum absolute atomic E-state index is 11.5. The minimum Gasteiger partial charge on any atom is -0.592 e. The molecule has 0 heterocycles. The molecule has 1 aromatic carbocycles. The molecule has 0 spiro atoms. The van der Waals surface area contributed by atoms with Gasteiger partial charge in [-0.3, -0.25) is 4.79 Å². The standard InChI is InChI=1S/C12H16N2O5/c1-10(15)19-12(8-17-2)9-18-13-14(16)11-6-4-3-5-7-11/h3-7,12H,8-9H2,1-2H3/b14-13-. The summed E-state index contributed by atoms with van der Waals surface area (Å²) in [6.45, 7) is 1.39. The van der Waals surface area contributed by atoms with Gasteiger partial charge in [-0.1, -0.05) is 18.2 Å². The molecule has 0 fully saturated rings. The summed E-state index contributed by atoms with van der Waals surface area (Å²) >= 11 is 0. The Morgan fingerprint density at radius 1 is 1.37 bits per heavy atom. The van der Waals surface area contributed by atoms with Gasteiger partial charge in [-0.05, 0) is 4.86 Å². The quantitative estimate of drug-likeness (QED) is 0.326. The van der Waals surface area contributed by atoms with Crippen molar-refractivity contribution in [2.75, 3.05) is 20.3 Å². The van der Waals surface area contributed by atoms with Crippen LogP contribution in [0.25, 0.3) is 0 Å². The van der Waals surface area contributed by atoms with Crippen LogP contribution >= 0.6 is 0 Å². The molecule has 0 radical (unpaired) electrons. The topological polar surface area (TPSA) is 83.2 Å². The Labute approximate surface area is 110 Å². The van der Waals surface area contributed by atoms with E-state index in [-0.39, 0.29) is 13.2 Å². The third-order valence-corrected chi connectivity index (χ3v) is 2.05. The van der Waals surface area contributed by atoms with Crippen LogP contribution < -0.4 is 0 Å². The van der Waals surface area contributed by atoms with Crippen molar-refractivity contribution in [1.29, 1.82) is 0 Å². The van der Waals surface area contributed by atoms with E-state index in [2.05, 4.69) is 5.28 Å².